The van der Waals surface area contributed by atoms with E-state index in [0.29, 0.717) is 28.5 Å². The normalized spacial score (nSPS) is 12.1. The molecule has 1 aliphatic heterocycles. The van der Waals surface area contributed by atoms with Gasteiger partial charge in [0.05, 0.1) is 12.7 Å². The van der Waals surface area contributed by atoms with Crippen LogP contribution in [0.1, 0.15) is 29.8 Å². The second kappa shape index (κ2) is 8.52. The van der Waals surface area contributed by atoms with Gasteiger partial charge in [-0.2, -0.15) is 0 Å². The smallest absolute Gasteiger partial charge is 0.255 e. The van der Waals surface area contributed by atoms with E-state index in [1.807, 2.05) is 49.5 Å². The molecule has 0 radical (unpaired) electrons. The van der Waals surface area contributed by atoms with Crippen molar-refractivity contribution in [2.24, 2.45) is 4.99 Å². The molecule has 6 heteroatoms. The number of anilines is 1. The number of para-hydroxylation sites is 2. The van der Waals surface area contributed by atoms with Crippen LogP contribution in [0.25, 0.3) is 0 Å². The highest BCUT2D eigenvalue weighted by molar-refractivity contribution is 6.07. The number of hydrogen-bond donors (Lipinski definition) is 1. The Morgan fingerprint density at radius 3 is 2.48 bits per heavy atom. The molecule has 0 spiro atoms. The molecule has 0 saturated carbocycles. The van der Waals surface area contributed by atoms with Crippen molar-refractivity contribution < 1.29 is 14.3 Å². The molecule has 158 valence electrons. The zero-order valence-corrected chi connectivity index (χ0v) is 18.0. The maximum absolute atomic E-state index is 12.7. The Labute approximate surface area is 182 Å². The van der Waals surface area contributed by atoms with Crippen molar-refractivity contribution in [3.05, 3.63) is 77.9 Å². The van der Waals surface area contributed by atoms with E-state index in [1.165, 1.54) is 0 Å². The van der Waals surface area contributed by atoms with Crippen LogP contribution in [0.3, 0.4) is 0 Å². The molecule has 0 aliphatic carbocycles. The zero-order valence-electron chi connectivity index (χ0n) is 18.0. The first kappa shape index (κ1) is 20.5. The fourth-order valence-electron chi connectivity index (χ4n) is 3.26. The van der Waals surface area contributed by atoms with E-state index in [2.05, 4.69) is 24.1 Å². The van der Waals surface area contributed by atoms with Crippen LogP contribution in [0.2, 0.25) is 0 Å². The van der Waals surface area contributed by atoms with Gasteiger partial charge in [-0.25, -0.2) is 4.99 Å². The summed E-state index contributed by atoms with van der Waals surface area (Å²) < 4.78 is 11.3. The molecule has 1 heterocycles. The van der Waals surface area contributed by atoms with Crippen LogP contribution < -0.4 is 14.8 Å². The number of amidine groups is 1. The number of aliphatic imine (C=N–C) groups is 1. The van der Waals surface area contributed by atoms with Crippen molar-refractivity contribution in [3.8, 4) is 17.2 Å². The number of rotatable bonds is 4. The van der Waals surface area contributed by atoms with E-state index in [-0.39, 0.29) is 11.9 Å². The average molecular weight is 415 g/mol. The molecule has 0 saturated heterocycles. The van der Waals surface area contributed by atoms with Crippen LogP contribution in [0.4, 0.5) is 11.4 Å². The highest BCUT2D eigenvalue weighted by Gasteiger charge is 2.23. The third kappa shape index (κ3) is 4.23. The Morgan fingerprint density at radius 2 is 1.77 bits per heavy atom. The van der Waals surface area contributed by atoms with E-state index in [9.17, 15) is 4.79 Å². The van der Waals surface area contributed by atoms with Gasteiger partial charge in [0.25, 0.3) is 5.91 Å². The number of carbonyl (C=O) groups is 1. The zero-order chi connectivity index (χ0) is 22.0. The fourth-order valence-corrected chi connectivity index (χ4v) is 3.26. The molecular weight excluding hydrogens is 390 g/mol. The summed E-state index contributed by atoms with van der Waals surface area (Å²) >= 11 is 0. The first-order valence-electron chi connectivity index (χ1n) is 10.1. The molecule has 0 aromatic heterocycles. The largest absolute Gasteiger partial charge is 0.497 e. The van der Waals surface area contributed by atoms with Crippen molar-refractivity contribution in [2.45, 2.75) is 19.9 Å². The number of ether oxygens (including phenoxy) is 2. The number of hydrogen-bond acceptors (Lipinski definition) is 5. The van der Waals surface area contributed by atoms with Gasteiger partial charge in [-0.3, -0.25) is 4.79 Å². The Morgan fingerprint density at radius 1 is 1.03 bits per heavy atom. The highest BCUT2D eigenvalue weighted by atomic mass is 16.5. The van der Waals surface area contributed by atoms with Gasteiger partial charge in [-0.15, -0.1) is 0 Å². The van der Waals surface area contributed by atoms with Crippen LogP contribution in [-0.4, -0.2) is 36.8 Å². The molecular formula is C25H25N3O3. The van der Waals surface area contributed by atoms with Gasteiger partial charge in [-0.1, -0.05) is 12.1 Å². The lowest BCUT2D eigenvalue weighted by Gasteiger charge is -2.26. The number of nitrogens with one attached hydrogen (secondary N) is 1. The minimum Gasteiger partial charge on any atom is -0.497 e. The van der Waals surface area contributed by atoms with E-state index in [4.69, 9.17) is 14.5 Å². The number of benzene rings is 3. The second-order valence-electron chi connectivity index (χ2n) is 7.60. The first-order chi connectivity index (χ1) is 15.0. The summed E-state index contributed by atoms with van der Waals surface area (Å²) in [4.78, 5) is 19.7. The summed E-state index contributed by atoms with van der Waals surface area (Å²) in [6, 6.07) is 20.5. The van der Waals surface area contributed by atoms with Crippen LogP contribution in [0.15, 0.2) is 71.7 Å². The van der Waals surface area contributed by atoms with Gasteiger partial charge in [-0.05, 0) is 68.4 Å². The SMILES string of the molecule is COc1ccc(C(=O)Nc2ccc3c(c2)C(N(C)C(C)C)=Nc2ccccc2O3)cc1. The van der Waals surface area contributed by atoms with Gasteiger partial charge in [0.2, 0.25) is 0 Å². The fraction of sp³-hybridized carbons (Fsp3) is 0.200. The maximum atomic E-state index is 12.7. The molecule has 31 heavy (non-hydrogen) atoms. The van der Waals surface area contributed by atoms with Crippen LogP contribution >= 0.6 is 0 Å². The second-order valence-corrected chi connectivity index (χ2v) is 7.60. The lowest BCUT2D eigenvalue weighted by molar-refractivity contribution is 0.102. The Balaban J connectivity index is 1.70. The Kier molecular flexibility index (Phi) is 5.62. The van der Waals surface area contributed by atoms with Crippen molar-refractivity contribution in [1.29, 1.82) is 0 Å². The van der Waals surface area contributed by atoms with Crippen molar-refractivity contribution in [3.63, 3.8) is 0 Å². The number of methoxy groups -OCH3 is 1. The summed E-state index contributed by atoms with van der Waals surface area (Å²) in [5, 5.41) is 2.97. The summed E-state index contributed by atoms with van der Waals surface area (Å²) in [5.41, 5.74) is 2.80. The van der Waals surface area contributed by atoms with Crippen molar-refractivity contribution >= 4 is 23.1 Å². The lowest BCUT2D eigenvalue weighted by Crippen LogP contribution is -2.33. The molecule has 0 atom stereocenters. The van der Waals surface area contributed by atoms with Gasteiger partial charge in [0.1, 0.15) is 23.0 Å². The molecule has 0 bridgehead atoms. The van der Waals surface area contributed by atoms with Gasteiger partial charge in [0.15, 0.2) is 5.75 Å². The van der Waals surface area contributed by atoms with E-state index in [1.54, 1.807) is 31.4 Å². The Bertz CT molecular complexity index is 1140. The molecule has 0 fully saturated rings. The molecule has 0 unspecified atom stereocenters. The lowest BCUT2D eigenvalue weighted by atomic mass is 10.1. The molecule has 1 aliphatic rings. The van der Waals surface area contributed by atoms with Gasteiger partial charge in [0, 0.05) is 24.3 Å². The third-order valence-electron chi connectivity index (χ3n) is 5.25. The van der Waals surface area contributed by atoms with Crippen molar-refractivity contribution in [1.82, 2.24) is 4.90 Å². The average Bonchev–Trinajstić information content (AvgIpc) is 2.95. The predicted octanol–water partition coefficient (Wildman–Crippen LogP) is 5.47. The highest BCUT2D eigenvalue weighted by Crippen LogP contribution is 2.39. The maximum Gasteiger partial charge on any atom is 0.255 e. The summed E-state index contributed by atoms with van der Waals surface area (Å²) in [5.74, 6) is 2.69. The summed E-state index contributed by atoms with van der Waals surface area (Å²) in [6.45, 7) is 4.21. The molecule has 4 rings (SSSR count). The standard InChI is InChI=1S/C25H25N3O3/c1-16(2)28(3)24-20-15-18(26-25(29)17-9-12-19(30-4)13-10-17)11-14-22(20)31-23-8-6-5-7-21(23)27-24/h5-16H,1-4H3,(H,26,29). The summed E-state index contributed by atoms with van der Waals surface area (Å²) in [7, 11) is 3.60. The summed E-state index contributed by atoms with van der Waals surface area (Å²) in [6.07, 6.45) is 0. The molecule has 1 N–H and O–H groups in total. The molecule has 6 nitrogen and oxygen atoms in total. The van der Waals surface area contributed by atoms with Crippen molar-refractivity contribution in [2.75, 3.05) is 19.5 Å². The van der Waals surface area contributed by atoms with E-state index in [0.717, 1.165) is 17.1 Å². The quantitative estimate of drug-likeness (QED) is 0.614. The molecule has 1 amide bonds. The topological polar surface area (TPSA) is 63.2 Å². The Hall–Kier alpha value is -3.80. The van der Waals surface area contributed by atoms with Crippen LogP contribution in [-0.2, 0) is 0 Å². The van der Waals surface area contributed by atoms with Crippen LogP contribution in [0, 0.1) is 0 Å². The van der Waals surface area contributed by atoms with Gasteiger partial charge >= 0.3 is 0 Å². The van der Waals surface area contributed by atoms with E-state index >= 15 is 0 Å². The predicted molar refractivity (Wildman–Crippen MR) is 123 cm³/mol. The third-order valence-corrected chi connectivity index (χ3v) is 5.25. The first-order valence-corrected chi connectivity index (χ1v) is 10.1. The van der Waals surface area contributed by atoms with Gasteiger partial charge < -0.3 is 19.7 Å². The monoisotopic (exact) mass is 415 g/mol. The minimum absolute atomic E-state index is 0.198. The van der Waals surface area contributed by atoms with Crippen LogP contribution in [0.5, 0.6) is 17.2 Å². The molecule has 3 aromatic rings. The number of fused-ring (bicyclic) bond motifs is 2. The number of carbonyl (C=O) groups excluding carboxylic acids is 1. The number of amides is 1. The van der Waals surface area contributed by atoms with E-state index < -0.39 is 0 Å². The molecule has 3 aromatic carbocycles. The number of nitrogens with zero attached hydrogens (tertiary/aromatic N) is 2. The minimum atomic E-state index is -0.198.